The first-order valence-corrected chi connectivity index (χ1v) is 8.29. The topological polar surface area (TPSA) is 65.6 Å². The predicted octanol–water partition coefficient (Wildman–Crippen LogP) is 1.66. The lowest BCUT2D eigenvalue weighted by Gasteiger charge is -2.38. The molecular weight excluding hydrogens is 306 g/mol. The van der Waals surface area contributed by atoms with Gasteiger partial charge in [0.2, 0.25) is 0 Å². The Balaban J connectivity index is 1.58. The molecule has 3 heterocycles. The molecule has 2 aliphatic rings. The largest absolute Gasteiger partial charge is 0.497 e. The van der Waals surface area contributed by atoms with Crippen LogP contribution in [0, 0.1) is 0 Å². The Labute approximate surface area is 140 Å². The summed E-state index contributed by atoms with van der Waals surface area (Å²) in [7, 11) is 3.71. The summed E-state index contributed by atoms with van der Waals surface area (Å²) in [6.07, 6.45) is 3.83. The first kappa shape index (κ1) is 15.2. The van der Waals surface area contributed by atoms with Crippen LogP contribution in [-0.4, -0.2) is 65.8 Å². The lowest BCUT2D eigenvalue weighted by Crippen LogP contribution is -2.55. The average molecular weight is 327 g/mol. The number of hydrogen-bond acceptors (Lipinski definition) is 4. The third-order valence-corrected chi connectivity index (χ3v) is 5.46. The van der Waals surface area contributed by atoms with Crippen LogP contribution in [-0.2, 0) is 4.79 Å². The first-order valence-electron chi connectivity index (χ1n) is 8.29. The Morgan fingerprint density at radius 2 is 1.92 bits per heavy atom. The molecule has 126 valence electrons. The average Bonchev–Trinajstić information content (AvgIpc) is 3.08. The number of aromatic nitrogens is 1. The van der Waals surface area contributed by atoms with Crippen molar-refractivity contribution in [2.45, 2.75) is 24.9 Å². The zero-order valence-corrected chi connectivity index (χ0v) is 13.9. The van der Waals surface area contributed by atoms with Gasteiger partial charge in [0, 0.05) is 48.3 Å². The monoisotopic (exact) mass is 327 g/mol. The van der Waals surface area contributed by atoms with Gasteiger partial charge in [-0.1, -0.05) is 0 Å². The van der Waals surface area contributed by atoms with Crippen molar-refractivity contribution in [3.05, 3.63) is 30.0 Å². The molecule has 6 heteroatoms. The number of rotatable bonds is 3. The van der Waals surface area contributed by atoms with Crippen LogP contribution in [0.15, 0.2) is 24.4 Å². The number of fused-ring (bicyclic) bond motifs is 3. The van der Waals surface area contributed by atoms with Crippen molar-refractivity contribution in [1.29, 1.82) is 0 Å². The summed E-state index contributed by atoms with van der Waals surface area (Å²) in [6, 6.07) is 6.21. The van der Waals surface area contributed by atoms with Crippen molar-refractivity contribution in [3.8, 4) is 5.75 Å². The summed E-state index contributed by atoms with van der Waals surface area (Å²) in [4.78, 5) is 32.6. The SMILES string of the molecule is COc1ccc2c(C(=O)C(=O)N3CC4CCC(C3)N4C)c[nH]c2c1. The summed E-state index contributed by atoms with van der Waals surface area (Å²) in [5.74, 6) is -0.114. The van der Waals surface area contributed by atoms with Gasteiger partial charge in [0.1, 0.15) is 5.75 Å². The molecule has 2 atom stereocenters. The summed E-state index contributed by atoms with van der Waals surface area (Å²) >= 11 is 0. The van der Waals surface area contributed by atoms with Gasteiger partial charge >= 0.3 is 0 Å². The van der Waals surface area contributed by atoms with E-state index >= 15 is 0 Å². The second-order valence-corrected chi connectivity index (χ2v) is 6.70. The van der Waals surface area contributed by atoms with Crippen LogP contribution in [0.1, 0.15) is 23.2 Å². The van der Waals surface area contributed by atoms with E-state index in [1.165, 1.54) is 0 Å². The number of amides is 1. The summed E-state index contributed by atoms with van der Waals surface area (Å²) < 4.78 is 5.19. The summed E-state index contributed by atoms with van der Waals surface area (Å²) in [5, 5.41) is 0.756. The fourth-order valence-corrected chi connectivity index (χ4v) is 3.96. The lowest BCUT2D eigenvalue weighted by molar-refractivity contribution is -0.129. The molecule has 0 radical (unpaired) electrons. The Morgan fingerprint density at radius 3 is 2.58 bits per heavy atom. The number of piperazine rings is 1. The molecule has 24 heavy (non-hydrogen) atoms. The molecule has 1 amide bonds. The van der Waals surface area contributed by atoms with Crippen LogP contribution < -0.4 is 4.74 Å². The first-order chi connectivity index (χ1) is 11.6. The van der Waals surface area contributed by atoms with Crippen LogP contribution in [0.5, 0.6) is 5.75 Å². The van der Waals surface area contributed by atoms with Crippen molar-refractivity contribution in [2.24, 2.45) is 0 Å². The minimum absolute atomic E-state index is 0.382. The van der Waals surface area contributed by atoms with Gasteiger partial charge in [-0.25, -0.2) is 0 Å². The van der Waals surface area contributed by atoms with Crippen molar-refractivity contribution < 1.29 is 14.3 Å². The molecule has 0 saturated carbocycles. The van der Waals surface area contributed by atoms with Crippen molar-refractivity contribution >= 4 is 22.6 Å². The number of Topliss-reactive ketones (excluding diaryl/α,β-unsaturated/α-hetero) is 1. The quantitative estimate of drug-likeness (QED) is 0.688. The Hall–Kier alpha value is -2.34. The molecule has 4 rings (SSSR count). The van der Waals surface area contributed by atoms with E-state index in [0.717, 1.165) is 23.7 Å². The van der Waals surface area contributed by atoms with E-state index < -0.39 is 11.7 Å². The minimum Gasteiger partial charge on any atom is -0.497 e. The second kappa shape index (κ2) is 5.63. The summed E-state index contributed by atoms with van der Waals surface area (Å²) in [6.45, 7) is 1.29. The number of ether oxygens (including phenoxy) is 1. The fourth-order valence-electron chi connectivity index (χ4n) is 3.96. The van der Waals surface area contributed by atoms with Gasteiger partial charge in [-0.05, 0) is 32.0 Å². The standard InChI is InChI=1S/C18H21N3O3/c1-20-11-3-4-12(20)10-21(9-11)18(23)17(22)15-8-19-16-7-13(24-2)5-6-14(15)16/h5-8,11-12,19H,3-4,9-10H2,1-2H3. The number of ketones is 1. The van der Waals surface area contributed by atoms with Gasteiger partial charge in [0.25, 0.3) is 11.7 Å². The van der Waals surface area contributed by atoms with E-state index in [2.05, 4.69) is 16.9 Å². The lowest BCUT2D eigenvalue weighted by atomic mass is 10.1. The van der Waals surface area contributed by atoms with E-state index in [-0.39, 0.29) is 0 Å². The third-order valence-electron chi connectivity index (χ3n) is 5.46. The van der Waals surface area contributed by atoms with Crippen LogP contribution >= 0.6 is 0 Å². The number of H-pyrrole nitrogens is 1. The number of nitrogens with zero attached hydrogens (tertiary/aromatic N) is 2. The molecule has 2 fully saturated rings. The van der Waals surface area contributed by atoms with E-state index in [1.54, 1.807) is 24.3 Å². The van der Waals surface area contributed by atoms with Gasteiger partial charge in [-0.15, -0.1) is 0 Å². The van der Waals surface area contributed by atoms with Gasteiger partial charge in [-0.3, -0.25) is 14.5 Å². The molecule has 2 aromatic rings. The van der Waals surface area contributed by atoms with Gasteiger partial charge in [-0.2, -0.15) is 0 Å². The molecule has 2 aliphatic heterocycles. The highest BCUT2D eigenvalue weighted by Gasteiger charge is 2.40. The molecule has 6 nitrogen and oxygen atoms in total. The molecule has 2 unspecified atom stereocenters. The van der Waals surface area contributed by atoms with Crippen molar-refractivity contribution in [2.75, 3.05) is 27.2 Å². The minimum atomic E-state index is -0.435. The maximum atomic E-state index is 12.7. The maximum absolute atomic E-state index is 12.7. The Morgan fingerprint density at radius 1 is 1.21 bits per heavy atom. The number of carbonyl (C=O) groups is 2. The molecule has 0 spiro atoms. The number of hydrogen-bond donors (Lipinski definition) is 1. The smallest absolute Gasteiger partial charge is 0.295 e. The zero-order valence-electron chi connectivity index (χ0n) is 13.9. The molecule has 1 N–H and O–H groups in total. The van der Waals surface area contributed by atoms with Gasteiger partial charge in [0.15, 0.2) is 0 Å². The Bertz CT molecular complexity index is 799. The van der Waals surface area contributed by atoms with Crippen LogP contribution in [0.25, 0.3) is 10.9 Å². The molecule has 0 aliphatic carbocycles. The molecule has 1 aromatic heterocycles. The highest BCUT2D eigenvalue weighted by Crippen LogP contribution is 2.29. The maximum Gasteiger partial charge on any atom is 0.295 e. The molecule has 2 bridgehead atoms. The van der Waals surface area contributed by atoms with E-state index in [1.807, 2.05) is 12.1 Å². The normalized spacial score (nSPS) is 23.7. The van der Waals surface area contributed by atoms with Crippen LogP contribution in [0.4, 0.5) is 0 Å². The molecular formula is C18H21N3O3. The number of carbonyl (C=O) groups excluding carboxylic acids is 2. The number of aromatic amines is 1. The number of methoxy groups -OCH3 is 1. The fraction of sp³-hybridized carbons (Fsp3) is 0.444. The van der Waals surface area contributed by atoms with Gasteiger partial charge in [0.05, 0.1) is 12.7 Å². The van der Waals surface area contributed by atoms with Crippen LogP contribution in [0.2, 0.25) is 0 Å². The predicted molar refractivity (Wildman–Crippen MR) is 90.3 cm³/mol. The van der Waals surface area contributed by atoms with Gasteiger partial charge < -0.3 is 14.6 Å². The van der Waals surface area contributed by atoms with E-state index in [4.69, 9.17) is 4.74 Å². The van der Waals surface area contributed by atoms with E-state index in [0.29, 0.717) is 36.5 Å². The zero-order chi connectivity index (χ0) is 16.8. The third kappa shape index (κ3) is 2.29. The highest BCUT2D eigenvalue weighted by atomic mass is 16.5. The molecule has 1 aromatic carbocycles. The van der Waals surface area contributed by atoms with Crippen molar-refractivity contribution in [1.82, 2.24) is 14.8 Å². The molecule has 2 saturated heterocycles. The number of likely N-dealkylation sites (tertiary alicyclic amines) is 1. The number of nitrogens with one attached hydrogen (secondary N) is 1. The van der Waals surface area contributed by atoms with Crippen LogP contribution in [0.3, 0.4) is 0 Å². The summed E-state index contributed by atoms with van der Waals surface area (Å²) in [5.41, 5.74) is 1.23. The van der Waals surface area contributed by atoms with E-state index in [9.17, 15) is 9.59 Å². The highest BCUT2D eigenvalue weighted by molar-refractivity contribution is 6.44. The Kier molecular flexibility index (Phi) is 3.57. The van der Waals surface area contributed by atoms with Crippen molar-refractivity contribution in [3.63, 3.8) is 0 Å². The number of benzene rings is 1. The number of likely N-dealkylation sites (N-methyl/N-ethyl adjacent to an activating group) is 1. The second-order valence-electron chi connectivity index (χ2n) is 6.70.